The predicted molar refractivity (Wildman–Crippen MR) is 65.5 cm³/mol. The average Bonchev–Trinajstić information content (AvgIpc) is 2.59. The van der Waals surface area contributed by atoms with Crippen molar-refractivity contribution < 1.29 is 4.42 Å². The highest BCUT2D eigenvalue weighted by molar-refractivity contribution is 5.32. The minimum Gasteiger partial charge on any atom is -0.469 e. The fourth-order valence-electron chi connectivity index (χ4n) is 3.92. The summed E-state index contributed by atoms with van der Waals surface area (Å²) in [6.07, 6.45) is 8.62. The molecular formula is C15H22O. The van der Waals surface area contributed by atoms with Gasteiger partial charge in [0.25, 0.3) is 0 Å². The summed E-state index contributed by atoms with van der Waals surface area (Å²) in [6.45, 7) is 7.16. The summed E-state index contributed by atoms with van der Waals surface area (Å²) >= 11 is 0. The molecule has 3 rings (SSSR count). The van der Waals surface area contributed by atoms with E-state index in [-0.39, 0.29) is 0 Å². The van der Waals surface area contributed by atoms with Crippen LogP contribution in [0.4, 0.5) is 0 Å². The molecule has 1 saturated carbocycles. The molecule has 16 heavy (non-hydrogen) atoms. The summed E-state index contributed by atoms with van der Waals surface area (Å²) in [5.41, 5.74) is 3.42. The van der Waals surface area contributed by atoms with E-state index in [1.165, 1.54) is 49.0 Å². The van der Waals surface area contributed by atoms with E-state index in [9.17, 15) is 0 Å². The van der Waals surface area contributed by atoms with Crippen LogP contribution in [-0.4, -0.2) is 0 Å². The van der Waals surface area contributed by atoms with Crippen molar-refractivity contribution >= 4 is 0 Å². The van der Waals surface area contributed by atoms with Crippen molar-refractivity contribution in [3.63, 3.8) is 0 Å². The molecule has 1 nitrogen and oxygen atoms in total. The second kappa shape index (κ2) is 3.38. The first-order valence-corrected chi connectivity index (χ1v) is 6.67. The Balaban J connectivity index is 2.02. The Morgan fingerprint density at radius 2 is 2.19 bits per heavy atom. The third-order valence-corrected chi connectivity index (χ3v) is 5.43. The van der Waals surface area contributed by atoms with Crippen LogP contribution >= 0.6 is 0 Å². The van der Waals surface area contributed by atoms with Crippen molar-refractivity contribution in [3.8, 4) is 0 Å². The second-order valence-electron chi connectivity index (χ2n) is 6.24. The fourth-order valence-corrected chi connectivity index (χ4v) is 3.92. The molecule has 1 heterocycles. The van der Waals surface area contributed by atoms with Crippen molar-refractivity contribution in [2.75, 3.05) is 0 Å². The Hall–Kier alpha value is -0.720. The number of hydrogen-bond donors (Lipinski definition) is 0. The van der Waals surface area contributed by atoms with E-state index >= 15 is 0 Å². The smallest absolute Gasteiger partial charge is 0.107 e. The van der Waals surface area contributed by atoms with Crippen molar-refractivity contribution in [3.05, 3.63) is 23.2 Å². The summed E-state index contributed by atoms with van der Waals surface area (Å²) in [4.78, 5) is 0. The third kappa shape index (κ3) is 1.30. The van der Waals surface area contributed by atoms with E-state index in [4.69, 9.17) is 4.42 Å². The van der Waals surface area contributed by atoms with E-state index in [1.807, 2.05) is 6.26 Å². The normalized spacial score (nSPS) is 37.9. The lowest BCUT2D eigenvalue weighted by molar-refractivity contribution is 0.0371. The van der Waals surface area contributed by atoms with Crippen molar-refractivity contribution in [1.29, 1.82) is 0 Å². The van der Waals surface area contributed by atoms with Crippen LogP contribution in [0.25, 0.3) is 0 Å². The molecule has 0 radical (unpaired) electrons. The summed E-state index contributed by atoms with van der Waals surface area (Å²) < 4.78 is 5.72. The summed E-state index contributed by atoms with van der Waals surface area (Å²) in [7, 11) is 0. The molecule has 0 aliphatic heterocycles. The van der Waals surface area contributed by atoms with Gasteiger partial charge in [0.15, 0.2) is 0 Å². The topological polar surface area (TPSA) is 13.1 Å². The number of hydrogen-bond acceptors (Lipinski definition) is 1. The molecule has 2 aliphatic rings. The number of furan rings is 1. The highest BCUT2D eigenvalue weighted by Gasteiger charge is 2.45. The van der Waals surface area contributed by atoms with Crippen LogP contribution in [0.2, 0.25) is 0 Å². The van der Waals surface area contributed by atoms with Crippen molar-refractivity contribution in [1.82, 2.24) is 0 Å². The first-order chi connectivity index (χ1) is 7.61. The fraction of sp³-hybridized carbons (Fsp3) is 0.733. The molecule has 0 saturated heterocycles. The molecule has 1 heteroatoms. The van der Waals surface area contributed by atoms with Crippen LogP contribution in [-0.2, 0) is 12.8 Å². The van der Waals surface area contributed by atoms with Gasteiger partial charge in [-0.1, -0.05) is 26.7 Å². The zero-order valence-corrected chi connectivity index (χ0v) is 10.7. The largest absolute Gasteiger partial charge is 0.469 e. The minimum atomic E-state index is 0.528. The van der Waals surface area contributed by atoms with Gasteiger partial charge < -0.3 is 4.42 Å². The van der Waals surface area contributed by atoms with E-state index in [1.54, 1.807) is 0 Å². The van der Waals surface area contributed by atoms with Gasteiger partial charge in [-0.3, -0.25) is 0 Å². The highest BCUT2D eigenvalue weighted by atomic mass is 16.3. The van der Waals surface area contributed by atoms with E-state index in [0.29, 0.717) is 5.41 Å². The first-order valence-electron chi connectivity index (χ1n) is 6.67. The molecular weight excluding hydrogens is 196 g/mol. The lowest BCUT2D eigenvalue weighted by atomic mass is 9.56. The Bertz CT molecular complexity index is 404. The first kappa shape index (κ1) is 10.4. The van der Waals surface area contributed by atoms with Crippen LogP contribution in [0.1, 0.15) is 50.0 Å². The van der Waals surface area contributed by atoms with E-state index < -0.39 is 0 Å². The van der Waals surface area contributed by atoms with Crippen LogP contribution in [0.5, 0.6) is 0 Å². The lowest BCUT2D eigenvalue weighted by Crippen LogP contribution is -2.43. The van der Waals surface area contributed by atoms with E-state index in [2.05, 4.69) is 20.8 Å². The molecule has 0 aromatic carbocycles. The van der Waals surface area contributed by atoms with Crippen LogP contribution < -0.4 is 0 Å². The molecule has 3 atom stereocenters. The Kier molecular flexibility index (Phi) is 2.21. The van der Waals surface area contributed by atoms with Crippen molar-refractivity contribution in [2.45, 2.75) is 52.9 Å². The number of aryl methyl sites for hydroxylation is 1. The van der Waals surface area contributed by atoms with Crippen LogP contribution in [0.15, 0.2) is 10.7 Å². The highest BCUT2D eigenvalue weighted by Crippen LogP contribution is 2.52. The standard InChI is InChI=1S/C15H22O/c1-10-9-16-14-7-12-6-4-5-11(2)15(12,3)8-13(10)14/h9,11-12H,4-8H2,1-3H3/t11-,12+,15+/m0/s1. The minimum absolute atomic E-state index is 0.528. The van der Waals surface area contributed by atoms with Gasteiger partial charge in [0.2, 0.25) is 0 Å². The molecule has 0 N–H and O–H groups in total. The third-order valence-electron chi connectivity index (χ3n) is 5.43. The van der Waals surface area contributed by atoms with Gasteiger partial charge in [0.1, 0.15) is 5.76 Å². The summed E-state index contributed by atoms with van der Waals surface area (Å²) in [6, 6.07) is 0. The molecule has 1 aromatic rings. The molecule has 1 aromatic heterocycles. The molecule has 0 bridgehead atoms. The van der Waals surface area contributed by atoms with Crippen LogP contribution in [0.3, 0.4) is 0 Å². The van der Waals surface area contributed by atoms with Gasteiger partial charge in [-0.2, -0.15) is 0 Å². The zero-order valence-electron chi connectivity index (χ0n) is 10.7. The summed E-state index contributed by atoms with van der Waals surface area (Å²) in [5, 5.41) is 0. The van der Waals surface area contributed by atoms with E-state index in [0.717, 1.165) is 11.8 Å². The van der Waals surface area contributed by atoms with Gasteiger partial charge in [0, 0.05) is 6.42 Å². The van der Waals surface area contributed by atoms with Crippen LogP contribution in [0, 0.1) is 24.2 Å². The molecule has 88 valence electrons. The maximum Gasteiger partial charge on any atom is 0.107 e. The molecule has 0 amide bonds. The lowest BCUT2D eigenvalue weighted by Gasteiger charge is -2.49. The van der Waals surface area contributed by atoms with Gasteiger partial charge in [-0.25, -0.2) is 0 Å². The SMILES string of the molecule is Cc1coc2c1C[C@@]1(C)[C@H](CCC[C@@H]1C)C2. The quantitative estimate of drug-likeness (QED) is 0.638. The molecule has 2 aliphatic carbocycles. The van der Waals surface area contributed by atoms with Crippen molar-refractivity contribution in [2.24, 2.45) is 17.3 Å². The van der Waals surface area contributed by atoms with Gasteiger partial charge in [-0.05, 0) is 48.1 Å². The average molecular weight is 218 g/mol. The maximum atomic E-state index is 5.72. The molecule has 1 fully saturated rings. The zero-order chi connectivity index (χ0) is 11.3. The van der Waals surface area contributed by atoms with Gasteiger partial charge in [-0.15, -0.1) is 0 Å². The number of rotatable bonds is 0. The molecule has 0 spiro atoms. The molecule has 0 unspecified atom stereocenters. The summed E-state index contributed by atoms with van der Waals surface area (Å²) in [5.74, 6) is 3.01. The Morgan fingerprint density at radius 3 is 3.00 bits per heavy atom. The Labute approximate surface area is 98.2 Å². The second-order valence-corrected chi connectivity index (χ2v) is 6.24. The Morgan fingerprint density at radius 1 is 1.38 bits per heavy atom. The predicted octanol–water partition coefficient (Wildman–Crippen LogP) is 4.13. The number of fused-ring (bicyclic) bond motifs is 2. The monoisotopic (exact) mass is 218 g/mol. The maximum absolute atomic E-state index is 5.72. The van der Waals surface area contributed by atoms with Gasteiger partial charge >= 0.3 is 0 Å². The van der Waals surface area contributed by atoms with Gasteiger partial charge in [0.05, 0.1) is 6.26 Å².